The maximum absolute atomic E-state index is 13.1. The summed E-state index contributed by atoms with van der Waals surface area (Å²) in [7, 11) is 0. The molecule has 1 aromatic carbocycles. The molecule has 0 spiro atoms. The number of nitrogens with zero attached hydrogens (tertiary/aromatic N) is 1. The van der Waals surface area contributed by atoms with Crippen LogP contribution in [0.4, 0.5) is 4.39 Å². The average Bonchev–Trinajstić information content (AvgIpc) is 2.40. The Hall–Kier alpha value is -2.43. The Morgan fingerprint density at radius 2 is 2.16 bits per heavy atom. The number of hydrogen-bond donors (Lipinski definition) is 1. The second kappa shape index (κ2) is 5.48. The summed E-state index contributed by atoms with van der Waals surface area (Å²) in [6.07, 6.45) is 1.27. The molecule has 98 valence electrons. The van der Waals surface area contributed by atoms with E-state index >= 15 is 0 Å². The SMILES string of the molecule is Cc1cc(OCc2ccc(C(=O)O)cn2)ccc1F. The van der Waals surface area contributed by atoms with Gasteiger partial charge in [0.25, 0.3) is 0 Å². The first-order chi connectivity index (χ1) is 9.06. The Morgan fingerprint density at radius 3 is 2.74 bits per heavy atom. The number of hydrogen-bond acceptors (Lipinski definition) is 3. The summed E-state index contributed by atoms with van der Waals surface area (Å²) >= 11 is 0. The van der Waals surface area contributed by atoms with Crippen LogP contribution in [0.1, 0.15) is 21.6 Å². The van der Waals surface area contributed by atoms with Crippen molar-refractivity contribution in [2.45, 2.75) is 13.5 Å². The van der Waals surface area contributed by atoms with Gasteiger partial charge in [-0.05, 0) is 42.8 Å². The first kappa shape index (κ1) is 13.0. The van der Waals surface area contributed by atoms with Gasteiger partial charge in [-0.3, -0.25) is 4.98 Å². The summed E-state index contributed by atoms with van der Waals surface area (Å²) in [4.78, 5) is 14.6. The van der Waals surface area contributed by atoms with Crippen molar-refractivity contribution < 1.29 is 19.0 Å². The number of aryl methyl sites for hydroxylation is 1. The molecule has 0 fully saturated rings. The molecule has 0 aliphatic rings. The molecule has 0 atom stereocenters. The highest BCUT2D eigenvalue weighted by Crippen LogP contribution is 2.17. The van der Waals surface area contributed by atoms with Crippen LogP contribution in [-0.2, 0) is 6.61 Å². The predicted octanol–water partition coefficient (Wildman–Crippen LogP) is 2.81. The minimum atomic E-state index is -1.02. The van der Waals surface area contributed by atoms with Gasteiger partial charge in [-0.1, -0.05) is 0 Å². The van der Waals surface area contributed by atoms with E-state index in [4.69, 9.17) is 9.84 Å². The molecule has 5 heteroatoms. The number of pyridine rings is 1. The molecular weight excluding hydrogens is 249 g/mol. The first-order valence-corrected chi connectivity index (χ1v) is 5.63. The summed E-state index contributed by atoms with van der Waals surface area (Å²) in [5.74, 6) is -0.756. The van der Waals surface area contributed by atoms with Crippen molar-refractivity contribution in [1.82, 2.24) is 4.98 Å². The van der Waals surface area contributed by atoms with Crippen LogP contribution in [0.3, 0.4) is 0 Å². The zero-order chi connectivity index (χ0) is 13.8. The first-order valence-electron chi connectivity index (χ1n) is 5.63. The van der Waals surface area contributed by atoms with Gasteiger partial charge in [-0.25, -0.2) is 9.18 Å². The summed E-state index contributed by atoms with van der Waals surface area (Å²) in [6, 6.07) is 7.52. The van der Waals surface area contributed by atoms with Crippen LogP contribution in [-0.4, -0.2) is 16.1 Å². The van der Waals surface area contributed by atoms with Gasteiger partial charge in [0.05, 0.1) is 11.3 Å². The number of rotatable bonds is 4. The number of aromatic carboxylic acids is 1. The molecule has 0 radical (unpaired) electrons. The van der Waals surface area contributed by atoms with Gasteiger partial charge in [-0.2, -0.15) is 0 Å². The molecule has 19 heavy (non-hydrogen) atoms. The van der Waals surface area contributed by atoms with E-state index in [0.717, 1.165) is 0 Å². The van der Waals surface area contributed by atoms with E-state index in [0.29, 0.717) is 17.0 Å². The van der Waals surface area contributed by atoms with Crippen LogP contribution in [0.25, 0.3) is 0 Å². The van der Waals surface area contributed by atoms with Gasteiger partial charge in [-0.15, -0.1) is 0 Å². The summed E-state index contributed by atoms with van der Waals surface area (Å²) < 4.78 is 18.5. The number of benzene rings is 1. The largest absolute Gasteiger partial charge is 0.487 e. The number of aromatic nitrogens is 1. The normalized spacial score (nSPS) is 10.2. The molecule has 0 unspecified atom stereocenters. The zero-order valence-electron chi connectivity index (χ0n) is 10.3. The Labute approximate surface area is 109 Å². The lowest BCUT2D eigenvalue weighted by Crippen LogP contribution is -2.02. The number of ether oxygens (including phenoxy) is 1. The van der Waals surface area contributed by atoms with Crippen molar-refractivity contribution in [3.63, 3.8) is 0 Å². The van der Waals surface area contributed by atoms with Crippen LogP contribution in [0.5, 0.6) is 5.75 Å². The number of carbonyl (C=O) groups is 1. The Morgan fingerprint density at radius 1 is 1.37 bits per heavy atom. The lowest BCUT2D eigenvalue weighted by atomic mass is 10.2. The van der Waals surface area contributed by atoms with E-state index in [1.807, 2.05) is 0 Å². The van der Waals surface area contributed by atoms with Crippen LogP contribution in [0.2, 0.25) is 0 Å². The second-order valence-electron chi connectivity index (χ2n) is 4.04. The third-order valence-electron chi connectivity index (χ3n) is 2.59. The van der Waals surface area contributed by atoms with Crippen molar-refractivity contribution in [1.29, 1.82) is 0 Å². The number of carboxylic acids is 1. The standard InChI is InChI=1S/C14H12FNO3/c1-9-6-12(4-5-13(9)15)19-8-11-3-2-10(7-16-11)14(17)18/h2-7H,8H2,1H3,(H,17,18). The molecule has 4 nitrogen and oxygen atoms in total. The quantitative estimate of drug-likeness (QED) is 0.919. The van der Waals surface area contributed by atoms with Gasteiger partial charge in [0.15, 0.2) is 0 Å². The van der Waals surface area contributed by atoms with Crippen LogP contribution in [0.15, 0.2) is 36.5 Å². The highest BCUT2D eigenvalue weighted by Gasteiger charge is 2.04. The monoisotopic (exact) mass is 261 g/mol. The van der Waals surface area contributed by atoms with Crippen molar-refractivity contribution in [2.24, 2.45) is 0 Å². The molecule has 2 aromatic rings. The maximum atomic E-state index is 13.1. The van der Waals surface area contributed by atoms with E-state index in [9.17, 15) is 9.18 Å². The van der Waals surface area contributed by atoms with E-state index in [1.165, 1.54) is 24.4 Å². The van der Waals surface area contributed by atoms with Crippen LogP contribution < -0.4 is 4.74 Å². The molecule has 1 aromatic heterocycles. The lowest BCUT2D eigenvalue weighted by molar-refractivity contribution is 0.0696. The molecule has 0 aliphatic carbocycles. The second-order valence-corrected chi connectivity index (χ2v) is 4.04. The fraction of sp³-hybridized carbons (Fsp3) is 0.143. The molecule has 2 rings (SSSR count). The molecule has 1 N–H and O–H groups in total. The van der Waals surface area contributed by atoms with Gasteiger partial charge in [0.1, 0.15) is 18.2 Å². The van der Waals surface area contributed by atoms with Gasteiger partial charge in [0.2, 0.25) is 0 Å². The molecule has 0 saturated heterocycles. The Balaban J connectivity index is 2.01. The molecule has 0 bridgehead atoms. The lowest BCUT2D eigenvalue weighted by Gasteiger charge is -2.07. The molecule has 0 saturated carbocycles. The van der Waals surface area contributed by atoms with E-state index in [1.54, 1.807) is 19.1 Å². The topological polar surface area (TPSA) is 59.4 Å². The minimum absolute atomic E-state index is 0.126. The highest BCUT2D eigenvalue weighted by atomic mass is 19.1. The average molecular weight is 261 g/mol. The van der Waals surface area contributed by atoms with E-state index in [2.05, 4.69) is 4.98 Å². The Kier molecular flexibility index (Phi) is 3.75. The van der Waals surface area contributed by atoms with E-state index < -0.39 is 5.97 Å². The van der Waals surface area contributed by atoms with E-state index in [-0.39, 0.29) is 18.0 Å². The Bertz CT molecular complexity index is 596. The fourth-order valence-electron chi connectivity index (χ4n) is 1.50. The van der Waals surface area contributed by atoms with Gasteiger partial charge < -0.3 is 9.84 Å². The van der Waals surface area contributed by atoms with Crippen molar-refractivity contribution >= 4 is 5.97 Å². The number of halogens is 1. The zero-order valence-corrected chi connectivity index (χ0v) is 10.3. The third kappa shape index (κ3) is 3.28. The molecule has 1 heterocycles. The van der Waals surface area contributed by atoms with Crippen LogP contribution >= 0.6 is 0 Å². The van der Waals surface area contributed by atoms with Gasteiger partial charge >= 0.3 is 5.97 Å². The van der Waals surface area contributed by atoms with Crippen LogP contribution in [0, 0.1) is 12.7 Å². The molecule has 0 amide bonds. The highest BCUT2D eigenvalue weighted by molar-refractivity contribution is 5.87. The molecular formula is C14H12FNO3. The fourth-order valence-corrected chi connectivity index (χ4v) is 1.50. The van der Waals surface area contributed by atoms with Crippen molar-refractivity contribution in [2.75, 3.05) is 0 Å². The van der Waals surface area contributed by atoms with Crippen molar-refractivity contribution in [3.8, 4) is 5.75 Å². The third-order valence-corrected chi connectivity index (χ3v) is 2.59. The number of carboxylic acid groups (broad SMARTS) is 1. The maximum Gasteiger partial charge on any atom is 0.337 e. The smallest absolute Gasteiger partial charge is 0.337 e. The summed E-state index contributed by atoms with van der Waals surface area (Å²) in [5, 5.41) is 8.73. The molecule has 0 aliphatic heterocycles. The predicted molar refractivity (Wildman–Crippen MR) is 66.7 cm³/mol. The summed E-state index contributed by atoms with van der Waals surface area (Å²) in [6.45, 7) is 1.85. The van der Waals surface area contributed by atoms with Crippen molar-refractivity contribution in [3.05, 3.63) is 59.2 Å². The minimum Gasteiger partial charge on any atom is -0.487 e. The van der Waals surface area contributed by atoms with Gasteiger partial charge in [0, 0.05) is 6.20 Å². The summed E-state index contributed by atoms with van der Waals surface area (Å²) in [5.41, 5.74) is 1.24.